The number of hydrogen-bond acceptors (Lipinski definition) is 5. The number of nitrogens with one attached hydrogen (secondary N) is 1. The maximum atomic E-state index is 12.8. The van der Waals surface area contributed by atoms with E-state index >= 15 is 0 Å². The number of hydrogen-bond donors (Lipinski definition) is 1. The van der Waals surface area contributed by atoms with Crippen molar-refractivity contribution in [3.05, 3.63) is 23.3 Å². The first-order chi connectivity index (χ1) is 11.9. The Morgan fingerprint density at radius 1 is 1.40 bits per heavy atom. The van der Waals surface area contributed by atoms with Crippen molar-refractivity contribution in [3.8, 4) is 0 Å². The van der Waals surface area contributed by atoms with Crippen LogP contribution < -0.4 is 5.32 Å². The smallest absolute Gasteiger partial charge is 0.252 e. The Morgan fingerprint density at radius 3 is 2.88 bits per heavy atom. The molecule has 1 unspecified atom stereocenters. The van der Waals surface area contributed by atoms with Crippen molar-refractivity contribution in [2.45, 2.75) is 52.5 Å². The summed E-state index contributed by atoms with van der Waals surface area (Å²) in [5.74, 6) is 0.487. The van der Waals surface area contributed by atoms with Crippen molar-refractivity contribution in [1.29, 1.82) is 0 Å². The topological polar surface area (TPSA) is 92.5 Å². The van der Waals surface area contributed by atoms with E-state index in [0.717, 1.165) is 17.0 Å². The monoisotopic (exact) mass is 344 g/mol. The molecule has 1 atom stereocenters. The number of carbonyl (C=O) groups excluding carboxylic acids is 2. The maximum Gasteiger partial charge on any atom is 0.252 e. The van der Waals surface area contributed by atoms with E-state index in [0.29, 0.717) is 38.1 Å². The van der Waals surface area contributed by atoms with E-state index in [1.165, 1.54) is 6.33 Å². The molecule has 0 saturated carbocycles. The molecule has 134 valence electrons. The molecule has 8 heteroatoms. The molecule has 2 amide bonds. The van der Waals surface area contributed by atoms with Crippen molar-refractivity contribution in [2.75, 3.05) is 13.1 Å². The lowest BCUT2D eigenvalue weighted by molar-refractivity contribution is -0.150. The summed E-state index contributed by atoms with van der Waals surface area (Å²) in [6.07, 6.45) is 2.97. The van der Waals surface area contributed by atoms with E-state index in [-0.39, 0.29) is 11.8 Å². The van der Waals surface area contributed by atoms with Crippen LogP contribution in [-0.4, -0.2) is 54.9 Å². The molecule has 0 aliphatic carbocycles. The van der Waals surface area contributed by atoms with Gasteiger partial charge in [-0.3, -0.25) is 9.59 Å². The third-order valence-corrected chi connectivity index (χ3v) is 5.27. The van der Waals surface area contributed by atoms with Crippen LogP contribution in [0.4, 0.5) is 0 Å². The lowest BCUT2D eigenvalue weighted by Gasteiger charge is -2.43. The fraction of sp³-hybridized carbons (Fsp3) is 0.588. The lowest BCUT2D eigenvalue weighted by Crippen LogP contribution is -2.64. The van der Waals surface area contributed by atoms with Crippen LogP contribution in [0.1, 0.15) is 43.6 Å². The van der Waals surface area contributed by atoms with Crippen molar-refractivity contribution in [3.63, 3.8) is 0 Å². The standard InChI is InChI=1S/C17H24N6O2/c1-5-17(4)15(25)18-8-9-22(17)14(24)7-6-13-11(2)21-16-19-10-20-23(16)12(13)3/h10H,5-9H2,1-4H3,(H,18,25). The largest absolute Gasteiger partial charge is 0.352 e. The SMILES string of the molecule is CCC1(C)C(=O)NCCN1C(=O)CCc1c(C)nc2ncnn2c1C. The van der Waals surface area contributed by atoms with E-state index in [1.807, 2.05) is 27.7 Å². The van der Waals surface area contributed by atoms with Gasteiger partial charge < -0.3 is 10.2 Å². The molecule has 2 aromatic rings. The molecule has 0 aromatic carbocycles. The molecule has 1 saturated heterocycles. The van der Waals surface area contributed by atoms with Gasteiger partial charge >= 0.3 is 0 Å². The fourth-order valence-electron chi connectivity index (χ4n) is 3.48. The molecule has 1 aliphatic heterocycles. The van der Waals surface area contributed by atoms with E-state index < -0.39 is 5.54 Å². The van der Waals surface area contributed by atoms with Gasteiger partial charge in [-0.1, -0.05) is 6.92 Å². The first-order valence-electron chi connectivity index (χ1n) is 8.63. The molecule has 8 nitrogen and oxygen atoms in total. The highest BCUT2D eigenvalue weighted by Gasteiger charge is 2.42. The van der Waals surface area contributed by atoms with Crippen molar-refractivity contribution >= 4 is 17.6 Å². The van der Waals surface area contributed by atoms with Gasteiger partial charge in [-0.15, -0.1) is 0 Å². The normalized spacial score (nSPS) is 20.8. The summed E-state index contributed by atoms with van der Waals surface area (Å²) < 4.78 is 1.69. The van der Waals surface area contributed by atoms with Crippen LogP contribution in [0.15, 0.2) is 6.33 Å². The van der Waals surface area contributed by atoms with Gasteiger partial charge in [0, 0.05) is 30.9 Å². The first kappa shape index (κ1) is 17.3. The molecule has 3 heterocycles. The molecule has 2 aromatic heterocycles. The molecule has 3 rings (SSSR count). The van der Waals surface area contributed by atoms with Crippen molar-refractivity contribution in [2.24, 2.45) is 0 Å². The number of aryl methyl sites for hydroxylation is 2. The molecule has 0 bridgehead atoms. The van der Waals surface area contributed by atoms with Gasteiger partial charge in [0.25, 0.3) is 5.78 Å². The Morgan fingerprint density at radius 2 is 2.16 bits per heavy atom. The second kappa shape index (κ2) is 6.42. The molecular formula is C17H24N6O2. The Balaban J connectivity index is 1.79. The van der Waals surface area contributed by atoms with Crippen LogP contribution in [0.2, 0.25) is 0 Å². The van der Waals surface area contributed by atoms with Crippen LogP contribution in [0.5, 0.6) is 0 Å². The maximum absolute atomic E-state index is 12.8. The van der Waals surface area contributed by atoms with Gasteiger partial charge in [-0.25, -0.2) is 9.50 Å². The highest BCUT2D eigenvalue weighted by molar-refractivity contribution is 5.92. The van der Waals surface area contributed by atoms with Crippen LogP contribution in [0.25, 0.3) is 5.78 Å². The van der Waals surface area contributed by atoms with E-state index in [2.05, 4.69) is 20.4 Å². The first-order valence-corrected chi connectivity index (χ1v) is 8.63. The Labute approximate surface area is 146 Å². The van der Waals surface area contributed by atoms with Crippen molar-refractivity contribution in [1.82, 2.24) is 29.8 Å². The van der Waals surface area contributed by atoms with Crippen LogP contribution in [0.3, 0.4) is 0 Å². The van der Waals surface area contributed by atoms with Crippen LogP contribution in [0, 0.1) is 13.8 Å². The third kappa shape index (κ3) is 2.85. The summed E-state index contributed by atoms with van der Waals surface area (Å²) in [7, 11) is 0. The molecule has 25 heavy (non-hydrogen) atoms. The zero-order valence-corrected chi connectivity index (χ0v) is 15.2. The predicted octanol–water partition coefficient (Wildman–Crippen LogP) is 0.801. The molecule has 0 radical (unpaired) electrons. The highest BCUT2D eigenvalue weighted by Crippen LogP contribution is 2.24. The second-order valence-electron chi connectivity index (χ2n) is 6.66. The summed E-state index contributed by atoms with van der Waals surface area (Å²) in [5, 5.41) is 7.03. The van der Waals surface area contributed by atoms with Gasteiger partial charge in [-0.05, 0) is 39.2 Å². The summed E-state index contributed by atoms with van der Waals surface area (Å²) >= 11 is 0. The van der Waals surface area contributed by atoms with E-state index in [4.69, 9.17) is 0 Å². The summed E-state index contributed by atoms with van der Waals surface area (Å²) in [6.45, 7) is 8.70. The molecule has 1 fully saturated rings. The molecule has 1 N–H and O–H groups in total. The van der Waals surface area contributed by atoms with Gasteiger partial charge in [0.1, 0.15) is 11.9 Å². The Bertz CT molecular complexity index is 830. The summed E-state index contributed by atoms with van der Waals surface area (Å²) in [6, 6.07) is 0. The number of nitrogens with zero attached hydrogens (tertiary/aromatic N) is 5. The number of piperazine rings is 1. The minimum atomic E-state index is -0.770. The summed E-state index contributed by atoms with van der Waals surface area (Å²) in [4.78, 5) is 35.3. The van der Waals surface area contributed by atoms with Gasteiger partial charge in [0.15, 0.2) is 0 Å². The number of fused-ring (bicyclic) bond motifs is 1. The van der Waals surface area contributed by atoms with Gasteiger partial charge in [-0.2, -0.15) is 10.1 Å². The molecule has 0 spiro atoms. The molecule has 1 aliphatic rings. The average Bonchev–Trinajstić information content (AvgIpc) is 3.05. The zero-order chi connectivity index (χ0) is 18.2. The second-order valence-corrected chi connectivity index (χ2v) is 6.66. The number of amides is 2. The fourth-order valence-corrected chi connectivity index (χ4v) is 3.48. The Kier molecular flexibility index (Phi) is 4.45. The van der Waals surface area contributed by atoms with Gasteiger partial charge in [0.2, 0.25) is 11.8 Å². The van der Waals surface area contributed by atoms with Crippen LogP contribution >= 0.6 is 0 Å². The van der Waals surface area contributed by atoms with Crippen LogP contribution in [-0.2, 0) is 16.0 Å². The minimum absolute atomic E-state index is 0.00307. The lowest BCUT2D eigenvalue weighted by atomic mass is 9.92. The highest BCUT2D eigenvalue weighted by atomic mass is 16.2. The zero-order valence-electron chi connectivity index (χ0n) is 15.2. The number of aromatic nitrogens is 4. The van der Waals surface area contributed by atoms with E-state index in [1.54, 1.807) is 9.42 Å². The average molecular weight is 344 g/mol. The molecular weight excluding hydrogens is 320 g/mol. The number of rotatable bonds is 4. The third-order valence-electron chi connectivity index (χ3n) is 5.27. The minimum Gasteiger partial charge on any atom is -0.352 e. The number of carbonyl (C=O) groups is 2. The predicted molar refractivity (Wildman–Crippen MR) is 92.0 cm³/mol. The summed E-state index contributed by atoms with van der Waals surface area (Å²) in [5.41, 5.74) is 2.04. The Hall–Kier alpha value is -2.51. The van der Waals surface area contributed by atoms with Crippen molar-refractivity contribution < 1.29 is 9.59 Å². The van der Waals surface area contributed by atoms with Gasteiger partial charge in [0.05, 0.1) is 0 Å². The van der Waals surface area contributed by atoms with E-state index in [9.17, 15) is 9.59 Å². The quantitative estimate of drug-likeness (QED) is 0.886.